The predicted molar refractivity (Wildman–Crippen MR) is 88.3 cm³/mol. The van der Waals surface area contributed by atoms with Gasteiger partial charge in [0, 0.05) is 11.6 Å². The second kappa shape index (κ2) is 6.65. The normalized spacial score (nSPS) is 19.0. The Hall–Kier alpha value is -2.62. The summed E-state index contributed by atoms with van der Waals surface area (Å²) in [6.45, 7) is 2.12. The van der Waals surface area contributed by atoms with Crippen LogP contribution in [0.15, 0.2) is 54.6 Å². The van der Waals surface area contributed by atoms with E-state index in [1.54, 1.807) is 31.2 Å². The number of ether oxygens (including phenoxy) is 1. The van der Waals surface area contributed by atoms with Gasteiger partial charge in [-0.15, -0.1) is 0 Å². The maximum absolute atomic E-state index is 12.3. The van der Waals surface area contributed by atoms with Crippen LogP contribution < -0.4 is 5.32 Å². The van der Waals surface area contributed by atoms with Crippen molar-refractivity contribution in [2.45, 2.75) is 19.3 Å². The van der Waals surface area contributed by atoms with Crippen molar-refractivity contribution in [2.24, 2.45) is 5.92 Å². The molecule has 1 aliphatic rings. The molecule has 0 saturated heterocycles. The number of anilines is 1. The molecule has 0 radical (unpaired) electrons. The number of carbonyl (C=O) groups is 2. The van der Waals surface area contributed by atoms with Crippen molar-refractivity contribution in [3.63, 3.8) is 0 Å². The van der Waals surface area contributed by atoms with E-state index in [1.807, 2.05) is 18.2 Å². The number of amides is 1. The Kier molecular flexibility index (Phi) is 4.42. The summed E-state index contributed by atoms with van der Waals surface area (Å²) in [5, 5.41) is 2.91. The molecule has 1 aliphatic carbocycles. The number of carbonyl (C=O) groups excluding carboxylic acids is 2. The lowest BCUT2D eigenvalue weighted by Gasteiger charge is -2.06. The average Bonchev–Trinajstić information content (AvgIpc) is 3.37. The summed E-state index contributed by atoms with van der Waals surface area (Å²) < 4.78 is 4.93. The van der Waals surface area contributed by atoms with Gasteiger partial charge in [0.05, 0.1) is 12.2 Å². The lowest BCUT2D eigenvalue weighted by Crippen LogP contribution is -2.14. The fraction of sp³-hybridized carbons (Fsp3) is 0.263. The van der Waals surface area contributed by atoms with Crippen LogP contribution in [0.25, 0.3) is 0 Å². The maximum Gasteiger partial charge on any atom is 0.338 e. The van der Waals surface area contributed by atoms with Crippen LogP contribution in [0.4, 0.5) is 5.69 Å². The first-order valence-electron chi connectivity index (χ1n) is 7.82. The van der Waals surface area contributed by atoms with Gasteiger partial charge in [0.1, 0.15) is 0 Å². The highest BCUT2D eigenvalue weighted by molar-refractivity contribution is 5.96. The summed E-state index contributed by atoms with van der Waals surface area (Å²) in [6.07, 6.45) is 0.886. The van der Waals surface area contributed by atoms with Gasteiger partial charge in [-0.2, -0.15) is 0 Å². The molecule has 1 fully saturated rings. The van der Waals surface area contributed by atoms with E-state index in [-0.39, 0.29) is 17.8 Å². The van der Waals surface area contributed by atoms with Gasteiger partial charge in [-0.3, -0.25) is 4.79 Å². The summed E-state index contributed by atoms with van der Waals surface area (Å²) in [4.78, 5) is 23.9. The first kappa shape index (κ1) is 15.3. The van der Waals surface area contributed by atoms with Crippen molar-refractivity contribution in [1.82, 2.24) is 0 Å². The van der Waals surface area contributed by atoms with E-state index >= 15 is 0 Å². The largest absolute Gasteiger partial charge is 0.462 e. The summed E-state index contributed by atoms with van der Waals surface area (Å²) in [6, 6.07) is 16.9. The van der Waals surface area contributed by atoms with E-state index in [1.165, 1.54) is 5.56 Å². The topological polar surface area (TPSA) is 55.4 Å². The molecule has 0 unspecified atom stereocenters. The Morgan fingerprint density at radius 1 is 1.09 bits per heavy atom. The lowest BCUT2D eigenvalue weighted by atomic mass is 10.1. The molecule has 23 heavy (non-hydrogen) atoms. The van der Waals surface area contributed by atoms with Crippen LogP contribution in [-0.4, -0.2) is 18.5 Å². The van der Waals surface area contributed by atoms with Gasteiger partial charge >= 0.3 is 5.97 Å². The highest BCUT2D eigenvalue weighted by Gasteiger charge is 2.43. The molecule has 0 aliphatic heterocycles. The fourth-order valence-corrected chi connectivity index (χ4v) is 2.69. The molecule has 0 aromatic heterocycles. The van der Waals surface area contributed by atoms with Gasteiger partial charge in [-0.1, -0.05) is 30.3 Å². The molecular formula is C19H19NO3. The zero-order chi connectivity index (χ0) is 16.2. The molecule has 1 N–H and O–H groups in total. The summed E-state index contributed by atoms with van der Waals surface area (Å²) >= 11 is 0. The van der Waals surface area contributed by atoms with E-state index in [2.05, 4.69) is 17.4 Å². The summed E-state index contributed by atoms with van der Waals surface area (Å²) in [7, 11) is 0. The number of nitrogens with one attached hydrogen (secondary N) is 1. The molecular weight excluding hydrogens is 290 g/mol. The van der Waals surface area contributed by atoms with Crippen molar-refractivity contribution in [2.75, 3.05) is 11.9 Å². The van der Waals surface area contributed by atoms with Crippen LogP contribution >= 0.6 is 0 Å². The Balaban J connectivity index is 1.58. The van der Waals surface area contributed by atoms with Crippen LogP contribution in [0.1, 0.15) is 35.2 Å². The van der Waals surface area contributed by atoms with Crippen molar-refractivity contribution < 1.29 is 14.3 Å². The quantitative estimate of drug-likeness (QED) is 0.859. The molecule has 0 heterocycles. The maximum atomic E-state index is 12.3. The summed E-state index contributed by atoms with van der Waals surface area (Å²) in [5.41, 5.74) is 2.39. The first-order valence-corrected chi connectivity index (χ1v) is 7.82. The Morgan fingerprint density at radius 2 is 1.78 bits per heavy atom. The molecule has 2 aromatic rings. The molecule has 0 spiro atoms. The van der Waals surface area contributed by atoms with Crippen molar-refractivity contribution in [3.05, 3.63) is 65.7 Å². The zero-order valence-electron chi connectivity index (χ0n) is 13.0. The van der Waals surface area contributed by atoms with Gasteiger partial charge in [-0.25, -0.2) is 4.79 Å². The molecule has 4 heteroatoms. The molecule has 2 aromatic carbocycles. The number of hydrogen-bond acceptors (Lipinski definition) is 3. The predicted octanol–water partition coefficient (Wildman–Crippen LogP) is 3.61. The van der Waals surface area contributed by atoms with Crippen LogP contribution in [0.5, 0.6) is 0 Å². The van der Waals surface area contributed by atoms with Crippen LogP contribution in [0, 0.1) is 5.92 Å². The van der Waals surface area contributed by atoms with Crippen LogP contribution in [-0.2, 0) is 9.53 Å². The molecule has 1 saturated carbocycles. The highest BCUT2D eigenvalue weighted by atomic mass is 16.5. The third kappa shape index (κ3) is 3.59. The fourth-order valence-electron chi connectivity index (χ4n) is 2.69. The second-order valence-electron chi connectivity index (χ2n) is 5.65. The smallest absolute Gasteiger partial charge is 0.338 e. The number of benzene rings is 2. The minimum absolute atomic E-state index is 0.0298. The molecule has 118 valence electrons. The minimum atomic E-state index is -0.350. The van der Waals surface area contributed by atoms with Crippen LogP contribution in [0.3, 0.4) is 0 Å². The molecule has 1 amide bonds. The van der Waals surface area contributed by atoms with Crippen molar-refractivity contribution in [1.29, 1.82) is 0 Å². The molecule has 0 bridgehead atoms. The van der Waals surface area contributed by atoms with Gasteiger partial charge in [0.15, 0.2) is 0 Å². The second-order valence-corrected chi connectivity index (χ2v) is 5.65. The lowest BCUT2D eigenvalue weighted by molar-refractivity contribution is -0.117. The number of rotatable bonds is 5. The van der Waals surface area contributed by atoms with E-state index in [4.69, 9.17) is 4.74 Å². The van der Waals surface area contributed by atoms with E-state index in [0.717, 1.165) is 6.42 Å². The molecule has 3 rings (SSSR count). The minimum Gasteiger partial charge on any atom is -0.462 e. The average molecular weight is 309 g/mol. The number of hydrogen-bond donors (Lipinski definition) is 1. The third-order valence-corrected chi connectivity index (χ3v) is 4.02. The monoisotopic (exact) mass is 309 g/mol. The van der Waals surface area contributed by atoms with E-state index in [0.29, 0.717) is 23.8 Å². The van der Waals surface area contributed by atoms with Crippen molar-refractivity contribution >= 4 is 17.6 Å². The Bertz CT molecular complexity index is 694. The van der Waals surface area contributed by atoms with E-state index in [9.17, 15) is 9.59 Å². The SMILES string of the molecule is CCOC(=O)c1ccc(NC(=O)[C@H]2C[C@H]2c2ccccc2)cc1. The van der Waals surface area contributed by atoms with Crippen LogP contribution in [0.2, 0.25) is 0 Å². The first-order chi connectivity index (χ1) is 11.2. The Morgan fingerprint density at radius 3 is 2.43 bits per heavy atom. The van der Waals surface area contributed by atoms with Gasteiger partial charge in [0.25, 0.3) is 0 Å². The number of esters is 1. The van der Waals surface area contributed by atoms with Gasteiger partial charge < -0.3 is 10.1 Å². The highest BCUT2D eigenvalue weighted by Crippen LogP contribution is 2.47. The summed E-state index contributed by atoms with van der Waals surface area (Å²) in [5.74, 6) is 0.0246. The van der Waals surface area contributed by atoms with Gasteiger partial charge in [0.2, 0.25) is 5.91 Å². The third-order valence-electron chi connectivity index (χ3n) is 4.02. The molecule has 4 nitrogen and oxygen atoms in total. The Labute approximate surface area is 135 Å². The molecule has 2 atom stereocenters. The van der Waals surface area contributed by atoms with Crippen molar-refractivity contribution in [3.8, 4) is 0 Å². The zero-order valence-corrected chi connectivity index (χ0v) is 13.0. The van der Waals surface area contributed by atoms with Gasteiger partial charge in [-0.05, 0) is 49.1 Å². The standard InChI is InChI=1S/C19H19NO3/c1-2-23-19(22)14-8-10-15(11-9-14)20-18(21)17-12-16(17)13-6-4-3-5-7-13/h3-11,16-17H,2,12H2,1H3,(H,20,21)/t16-,17-/m0/s1. The van der Waals surface area contributed by atoms with E-state index < -0.39 is 0 Å².